The van der Waals surface area contributed by atoms with Crippen molar-refractivity contribution in [2.24, 2.45) is 0 Å². The van der Waals surface area contributed by atoms with E-state index in [1.807, 2.05) is 24.8 Å². The van der Waals surface area contributed by atoms with Gasteiger partial charge in [-0.3, -0.25) is 14.5 Å². The van der Waals surface area contributed by atoms with Crippen LogP contribution in [-0.2, 0) is 24.2 Å². The van der Waals surface area contributed by atoms with E-state index in [1.165, 1.54) is 0 Å². The molecule has 4 heterocycles. The summed E-state index contributed by atoms with van der Waals surface area (Å²) in [6, 6.07) is 5.63. The van der Waals surface area contributed by atoms with Crippen molar-refractivity contribution in [3.05, 3.63) is 59.4 Å². The molecule has 1 unspecified atom stereocenters. The predicted molar refractivity (Wildman–Crippen MR) is 139 cm³/mol. The zero-order valence-electron chi connectivity index (χ0n) is 20.7. The van der Waals surface area contributed by atoms with Crippen LogP contribution in [0.2, 0.25) is 0 Å². The smallest absolute Gasteiger partial charge is 0.244 e. The standard InChI is InChI=1S/C27H28FN7O2/c1-14(2)34-6-5-16-9-24(33-35(16)13-25(34)37)32-23-8-15-7-18(26(28)27(29)19(15)12-31-23)20-10-30-11-21-17(20)3-4-22(21)36/h7-12,14,22,36H,3-6,13,29H2,1-2H3,(H,31,32,33). The minimum absolute atomic E-state index is 0.0182. The summed E-state index contributed by atoms with van der Waals surface area (Å²) in [5.41, 5.74) is 9.82. The van der Waals surface area contributed by atoms with Gasteiger partial charge >= 0.3 is 0 Å². The molecular weight excluding hydrogens is 473 g/mol. The van der Waals surface area contributed by atoms with Crippen molar-refractivity contribution in [2.45, 2.75) is 51.8 Å². The summed E-state index contributed by atoms with van der Waals surface area (Å²) in [6.45, 7) is 4.88. The number of hydrogen-bond donors (Lipinski definition) is 3. The van der Waals surface area contributed by atoms with E-state index in [-0.39, 0.29) is 24.2 Å². The number of fused-ring (bicyclic) bond motifs is 3. The highest BCUT2D eigenvalue weighted by Crippen LogP contribution is 2.40. The summed E-state index contributed by atoms with van der Waals surface area (Å²) >= 11 is 0. The molecule has 1 aromatic carbocycles. The van der Waals surface area contributed by atoms with Gasteiger partial charge in [0.05, 0.1) is 11.8 Å². The number of aliphatic hydroxyl groups excluding tert-OH is 1. The number of anilines is 3. The monoisotopic (exact) mass is 501 g/mol. The zero-order valence-corrected chi connectivity index (χ0v) is 20.7. The third-order valence-corrected chi connectivity index (χ3v) is 7.36. The Balaban J connectivity index is 1.33. The van der Waals surface area contributed by atoms with Crippen molar-refractivity contribution in [3.63, 3.8) is 0 Å². The topological polar surface area (TPSA) is 122 Å². The van der Waals surface area contributed by atoms with E-state index in [1.54, 1.807) is 35.4 Å². The van der Waals surface area contributed by atoms with Crippen LogP contribution in [0.4, 0.5) is 21.7 Å². The maximum atomic E-state index is 15.4. The molecule has 10 heteroatoms. The van der Waals surface area contributed by atoms with Crippen LogP contribution in [0.5, 0.6) is 0 Å². The maximum Gasteiger partial charge on any atom is 0.244 e. The molecule has 0 fully saturated rings. The molecule has 0 saturated heterocycles. The number of rotatable bonds is 4. The number of aromatic nitrogens is 4. The predicted octanol–water partition coefficient (Wildman–Crippen LogP) is 3.73. The number of carbonyl (C=O) groups excluding carboxylic acids is 1. The fourth-order valence-electron chi connectivity index (χ4n) is 5.41. The van der Waals surface area contributed by atoms with E-state index in [4.69, 9.17) is 5.73 Å². The van der Waals surface area contributed by atoms with Crippen molar-refractivity contribution in [2.75, 3.05) is 17.6 Å². The summed E-state index contributed by atoms with van der Waals surface area (Å²) in [6.07, 6.45) is 6.18. The third-order valence-electron chi connectivity index (χ3n) is 7.36. The van der Waals surface area contributed by atoms with E-state index in [0.717, 1.165) is 16.8 Å². The van der Waals surface area contributed by atoms with Gasteiger partial charge in [-0.25, -0.2) is 9.37 Å². The molecule has 1 atom stereocenters. The molecule has 1 aliphatic heterocycles. The Morgan fingerprint density at radius 3 is 2.78 bits per heavy atom. The molecule has 6 rings (SSSR count). The molecule has 0 bridgehead atoms. The number of nitrogen functional groups attached to an aromatic ring is 1. The molecule has 190 valence electrons. The second-order valence-electron chi connectivity index (χ2n) is 9.99. The number of nitrogens with one attached hydrogen (secondary N) is 1. The van der Waals surface area contributed by atoms with E-state index in [2.05, 4.69) is 20.4 Å². The molecule has 2 aliphatic rings. The van der Waals surface area contributed by atoms with Crippen molar-refractivity contribution in [3.8, 4) is 11.1 Å². The Bertz CT molecular complexity index is 1550. The lowest BCUT2D eigenvalue weighted by molar-refractivity contribution is -0.133. The molecule has 4 aromatic rings. The van der Waals surface area contributed by atoms with Gasteiger partial charge in [0.15, 0.2) is 11.6 Å². The highest BCUT2D eigenvalue weighted by molar-refractivity contribution is 5.98. The van der Waals surface area contributed by atoms with E-state index in [9.17, 15) is 9.90 Å². The number of nitrogens with zero attached hydrogens (tertiary/aromatic N) is 5. The molecule has 0 spiro atoms. The van der Waals surface area contributed by atoms with E-state index >= 15 is 4.39 Å². The van der Waals surface area contributed by atoms with Crippen molar-refractivity contribution in [1.82, 2.24) is 24.6 Å². The molecule has 1 aliphatic carbocycles. The van der Waals surface area contributed by atoms with Gasteiger partial charge in [0.2, 0.25) is 5.91 Å². The van der Waals surface area contributed by atoms with Crippen LogP contribution in [0, 0.1) is 5.82 Å². The van der Waals surface area contributed by atoms with Gasteiger partial charge in [-0.1, -0.05) is 0 Å². The number of hydrogen-bond acceptors (Lipinski definition) is 7. The van der Waals surface area contributed by atoms with Crippen molar-refractivity contribution < 1.29 is 14.3 Å². The Hall–Kier alpha value is -4.05. The first-order valence-electron chi connectivity index (χ1n) is 12.5. The Labute approximate surface area is 213 Å². The highest BCUT2D eigenvalue weighted by Gasteiger charge is 2.26. The second-order valence-corrected chi connectivity index (χ2v) is 9.99. The first kappa shape index (κ1) is 23.4. The zero-order chi connectivity index (χ0) is 25.8. The largest absolute Gasteiger partial charge is 0.396 e. The summed E-state index contributed by atoms with van der Waals surface area (Å²) < 4.78 is 17.1. The van der Waals surface area contributed by atoms with Crippen molar-refractivity contribution >= 4 is 34.0 Å². The second kappa shape index (κ2) is 8.81. The molecule has 4 N–H and O–H groups in total. The highest BCUT2D eigenvalue weighted by atomic mass is 19.1. The first-order chi connectivity index (χ1) is 17.8. The Morgan fingerprint density at radius 2 is 1.97 bits per heavy atom. The Morgan fingerprint density at radius 1 is 1.14 bits per heavy atom. The van der Waals surface area contributed by atoms with Crippen LogP contribution in [-0.4, -0.2) is 48.2 Å². The van der Waals surface area contributed by atoms with Crippen LogP contribution in [0.1, 0.15) is 43.2 Å². The van der Waals surface area contributed by atoms with Gasteiger partial charge in [-0.2, -0.15) is 5.10 Å². The summed E-state index contributed by atoms with van der Waals surface area (Å²) in [5, 5.41) is 19.3. The number of pyridine rings is 2. The molecule has 0 radical (unpaired) electrons. The number of amides is 1. The van der Waals surface area contributed by atoms with Crippen LogP contribution >= 0.6 is 0 Å². The lowest BCUT2D eigenvalue weighted by Crippen LogP contribution is -2.38. The number of benzene rings is 1. The van der Waals surface area contributed by atoms with Crippen LogP contribution in [0.3, 0.4) is 0 Å². The fourth-order valence-corrected chi connectivity index (χ4v) is 5.41. The minimum atomic E-state index is -0.586. The van der Waals surface area contributed by atoms with E-state index < -0.39 is 11.9 Å². The molecule has 9 nitrogen and oxygen atoms in total. The third kappa shape index (κ3) is 3.97. The molecule has 37 heavy (non-hydrogen) atoms. The average Bonchev–Trinajstić information content (AvgIpc) is 3.39. The van der Waals surface area contributed by atoms with Crippen LogP contribution in [0.15, 0.2) is 36.8 Å². The van der Waals surface area contributed by atoms with Gasteiger partial charge in [0, 0.05) is 71.4 Å². The Kier molecular flexibility index (Phi) is 5.56. The van der Waals surface area contributed by atoms with Gasteiger partial charge < -0.3 is 21.1 Å². The summed E-state index contributed by atoms with van der Waals surface area (Å²) in [7, 11) is 0. The number of aliphatic hydroxyl groups is 1. The summed E-state index contributed by atoms with van der Waals surface area (Å²) in [5.74, 6) is 0.637. The van der Waals surface area contributed by atoms with E-state index in [0.29, 0.717) is 59.3 Å². The van der Waals surface area contributed by atoms with Gasteiger partial charge in [0.25, 0.3) is 0 Å². The minimum Gasteiger partial charge on any atom is -0.396 e. The number of halogens is 1. The lowest BCUT2D eigenvalue weighted by atomic mass is 9.96. The number of carbonyl (C=O) groups is 1. The quantitative estimate of drug-likeness (QED) is 0.364. The normalized spacial score (nSPS) is 17.3. The summed E-state index contributed by atoms with van der Waals surface area (Å²) in [4.78, 5) is 23.1. The molecule has 0 saturated carbocycles. The van der Waals surface area contributed by atoms with Gasteiger partial charge in [0.1, 0.15) is 12.4 Å². The first-order valence-corrected chi connectivity index (χ1v) is 12.5. The average molecular weight is 502 g/mol. The molecular formula is C27H28FN7O2. The maximum absolute atomic E-state index is 15.4. The lowest BCUT2D eigenvalue weighted by Gasteiger charge is -2.24. The van der Waals surface area contributed by atoms with Gasteiger partial charge in [-0.15, -0.1) is 0 Å². The van der Waals surface area contributed by atoms with Crippen LogP contribution < -0.4 is 11.1 Å². The SMILES string of the molecule is CC(C)N1CCc2cc(Nc3cc4cc(-c5cncc6c5CCC6O)c(F)c(N)c4cn3)nn2CC1=O. The van der Waals surface area contributed by atoms with Crippen molar-refractivity contribution in [1.29, 1.82) is 0 Å². The fraction of sp³-hybridized carbons (Fsp3) is 0.333. The molecule has 3 aromatic heterocycles. The van der Waals surface area contributed by atoms with Crippen LogP contribution in [0.25, 0.3) is 21.9 Å². The number of nitrogens with two attached hydrogens (primary N) is 1. The van der Waals surface area contributed by atoms with Gasteiger partial charge in [-0.05, 0) is 49.8 Å². The molecule has 1 amide bonds.